The van der Waals surface area contributed by atoms with Crippen LogP contribution in [0.1, 0.15) is 16.1 Å². The van der Waals surface area contributed by atoms with Crippen LogP contribution >= 0.6 is 11.6 Å². The Morgan fingerprint density at radius 2 is 1.81 bits per heavy atom. The molecule has 1 aromatic heterocycles. The van der Waals surface area contributed by atoms with Crippen LogP contribution < -0.4 is 5.46 Å². The quantitative estimate of drug-likeness (QED) is 0.440. The summed E-state index contributed by atoms with van der Waals surface area (Å²) in [5.41, 5.74) is 1.86. The van der Waals surface area contributed by atoms with Crippen LogP contribution in [-0.2, 0) is 0 Å². The molecule has 1 heterocycles. The molecular weight excluding hydrogens is 220 g/mol. The highest BCUT2D eigenvalue weighted by Crippen LogP contribution is 2.09. The number of carbonyl (C=O) groups excluding carboxylic acids is 1. The van der Waals surface area contributed by atoms with Crippen molar-refractivity contribution >= 4 is 30.7 Å². The van der Waals surface area contributed by atoms with Gasteiger partial charge in [-0.15, -0.1) is 0 Å². The van der Waals surface area contributed by atoms with E-state index in [1.54, 1.807) is 24.3 Å². The van der Waals surface area contributed by atoms with Crippen LogP contribution in [0.3, 0.4) is 0 Å². The average Bonchev–Trinajstić information content (AvgIpc) is 2.33. The van der Waals surface area contributed by atoms with Crippen molar-refractivity contribution in [2.24, 2.45) is 0 Å². The molecule has 0 fully saturated rings. The van der Waals surface area contributed by atoms with E-state index in [9.17, 15) is 4.79 Å². The Morgan fingerprint density at radius 1 is 1.12 bits per heavy atom. The summed E-state index contributed by atoms with van der Waals surface area (Å²) >= 11 is 5.88. The number of halogens is 1. The van der Waals surface area contributed by atoms with E-state index in [0.29, 0.717) is 16.4 Å². The Kier molecular flexibility index (Phi) is 3.06. The van der Waals surface area contributed by atoms with E-state index in [1.807, 2.05) is 26.0 Å². The lowest BCUT2D eigenvalue weighted by molar-refractivity contribution is 0.103. The second-order valence-electron chi connectivity index (χ2n) is 3.50. The standard InChI is InChI=1S/C12H9BClNO/c13-9-6-7-10(15-12(9)14)11(16)8-4-2-1-3-5-8/h1-7H,13H2. The topological polar surface area (TPSA) is 30.0 Å². The van der Waals surface area contributed by atoms with Gasteiger partial charge in [-0.25, -0.2) is 4.98 Å². The Hall–Kier alpha value is -1.61. The summed E-state index contributed by atoms with van der Waals surface area (Å²) in [6, 6.07) is 12.5. The van der Waals surface area contributed by atoms with Crippen molar-refractivity contribution in [1.82, 2.24) is 4.98 Å². The molecular formula is C12H9BClNO. The molecule has 0 aliphatic carbocycles. The van der Waals surface area contributed by atoms with Gasteiger partial charge in [0.2, 0.25) is 5.78 Å². The summed E-state index contributed by atoms with van der Waals surface area (Å²) in [5, 5.41) is 0.377. The number of benzene rings is 1. The number of hydrogen-bond acceptors (Lipinski definition) is 2. The van der Waals surface area contributed by atoms with Gasteiger partial charge in [-0.2, -0.15) is 0 Å². The van der Waals surface area contributed by atoms with Gasteiger partial charge in [-0.3, -0.25) is 4.79 Å². The third-order valence-electron chi connectivity index (χ3n) is 2.30. The molecule has 0 bridgehead atoms. The number of nitrogens with zero attached hydrogens (tertiary/aromatic N) is 1. The first kappa shape index (κ1) is 10.9. The summed E-state index contributed by atoms with van der Waals surface area (Å²) in [4.78, 5) is 16.1. The van der Waals surface area contributed by atoms with Gasteiger partial charge in [-0.05, 0) is 6.07 Å². The highest BCUT2D eigenvalue weighted by atomic mass is 35.5. The van der Waals surface area contributed by atoms with Crippen molar-refractivity contribution in [2.75, 3.05) is 0 Å². The van der Waals surface area contributed by atoms with Crippen LogP contribution in [0.15, 0.2) is 42.5 Å². The van der Waals surface area contributed by atoms with Crippen molar-refractivity contribution in [3.05, 3.63) is 58.9 Å². The van der Waals surface area contributed by atoms with E-state index in [1.165, 1.54) is 0 Å². The highest BCUT2D eigenvalue weighted by Gasteiger charge is 2.10. The normalized spacial score (nSPS) is 10.1. The lowest BCUT2D eigenvalue weighted by Gasteiger charge is -2.02. The van der Waals surface area contributed by atoms with Gasteiger partial charge in [0.15, 0.2) is 0 Å². The van der Waals surface area contributed by atoms with E-state index in [-0.39, 0.29) is 5.78 Å². The predicted octanol–water partition coefficient (Wildman–Crippen LogP) is 1.22. The van der Waals surface area contributed by atoms with Gasteiger partial charge >= 0.3 is 0 Å². The van der Waals surface area contributed by atoms with Gasteiger partial charge in [-0.1, -0.05) is 53.5 Å². The summed E-state index contributed by atoms with van der Waals surface area (Å²) in [5.74, 6) is -0.109. The summed E-state index contributed by atoms with van der Waals surface area (Å²) in [6.07, 6.45) is 0. The Bertz CT molecular complexity index is 528. The van der Waals surface area contributed by atoms with Gasteiger partial charge in [0.25, 0.3) is 0 Å². The first-order chi connectivity index (χ1) is 7.68. The van der Waals surface area contributed by atoms with Gasteiger partial charge < -0.3 is 0 Å². The molecule has 0 radical (unpaired) electrons. The summed E-state index contributed by atoms with van der Waals surface area (Å²) < 4.78 is 0. The molecule has 0 spiro atoms. The minimum Gasteiger partial charge on any atom is -0.287 e. The number of hydrogen-bond donors (Lipinski definition) is 0. The van der Waals surface area contributed by atoms with Crippen molar-refractivity contribution in [2.45, 2.75) is 0 Å². The third kappa shape index (κ3) is 2.14. The number of carbonyl (C=O) groups is 1. The molecule has 2 rings (SSSR count). The molecule has 0 atom stereocenters. The van der Waals surface area contributed by atoms with Crippen molar-refractivity contribution < 1.29 is 4.79 Å². The molecule has 0 saturated heterocycles. The lowest BCUT2D eigenvalue weighted by Crippen LogP contribution is -2.11. The molecule has 4 heteroatoms. The van der Waals surface area contributed by atoms with Gasteiger partial charge in [0.1, 0.15) is 18.7 Å². The molecule has 0 N–H and O–H groups in total. The predicted molar refractivity (Wildman–Crippen MR) is 67.3 cm³/mol. The number of pyridine rings is 1. The maximum atomic E-state index is 12.0. The van der Waals surface area contributed by atoms with Crippen LogP contribution in [0, 0.1) is 0 Å². The van der Waals surface area contributed by atoms with E-state index < -0.39 is 0 Å². The minimum atomic E-state index is -0.109. The molecule has 2 nitrogen and oxygen atoms in total. The van der Waals surface area contributed by atoms with E-state index in [0.717, 1.165) is 5.46 Å². The Morgan fingerprint density at radius 3 is 2.44 bits per heavy atom. The van der Waals surface area contributed by atoms with E-state index >= 15 is 0 Å². The van der Waals surface area contributed by atoms with Crippen molar-refractivity contribution in [3.8, 4) is 0 Å². The fourth-order valence-electron chi connectivity index (χ4n) is 1.37. The van der Waals surface area contributed by atoms with Crippen molar-refractivity contribution in [1.29, 1.82) is 0 Å². The number of ketones is 1. The first-order valence-electron chi connectivity index (χ1n) is 4.91. The maximum Gasteiger partial charge on any atom is 0.211 e. The van der Waals surface area contributed by atoms with Crippen LogP contribution in [0.2, 0.25) is 5.15 Å². The Labute approximate surface area is 99.7 Å². The molecule has 0 aliphatic rings. The number of rotatable bonds is 2. The molecule has 16 heavy (non-hydrogen) atoms. The SMILES string of the molecule is Bc1ccc(C(=O)c2ccccc2)nc1Cl. The molecule has 0 unspecified atom stereocenters. The zero-order valence-electron chi connectivity index (χ0n) is 8.77. The van der Waals surface area contributed by atoms with E-state index in [4.69, 9.17) is 11.6 Å². The van der Waals surface area contributed by atoms with E-state index in [2.05, 4.69) is 4.98 Å². The zero-order valence-corrected chi connectivity index (χ0v) is 9.53. The lowest BCUT2D eigenvalue weighted by atomic mass is 9.97. The molecule has 0 amide bonds. The highest BCUT2D eigenvalue weighted by molar-refractivity contribution is 6.44. The van der Waals surface area contributed by atoms with Crippen LogP contribution in [-0.4, -0.2) is 18.6 Å². The molecule has 1 aromatic carbocycles. The molecule has 78 valence electrons. The first-order valence-corrected chi connectivity index (χ1v) is 5.29. The maximum absolute atomic E-state index is 12.0. The average molecular weight is 229 g/mol. The fourth-order valence-corrected chi connectivity index (χ4v) is 1.52. The van der Waals surface area contributed by atoms with Gasteiger partial charge in [0, 0.05) is 5.56 Å². The van der Waals surface area contributed by atoms with Crippen LogP contribution in [0.25, 0.3) is 0 Å². The minimum absolute atomic E-state index is 0.109. The molecule has 0 saturated carbocycles. The summed E-state index contributed by atoms with van der Waals surface area (Å²) in [7, 11) is 1.85. The zero-order chi connectivity index (χ0) is 11.5. The van der Waals surface area contributed by atoms with Crippen molar-refractivity contribution in [3.63, 3.8) is 0 Å². The number of aromatic nitrogens is 1. The smallest absolute Gasteiger partial charge is 0.211 e. The fraction of sp³-hybridized carbons (Fsp3) is 0. The molecule has 0 aliphatic heterocycles. The van der Waals surface area contributed by atoms with Crippen LogP contribution in [0.4, 0.5) is 0 Å². The third-order valence-corrected chi connectivity index (χ3v) is 2.69. The largest absolute Gasteiger partial charge is 0.287 e. The Balaban J connectivity index is 2.39. The molecule has 2 aromatic rings. The summed E-state index contributed by atoms with van der Waals surface area (Å²) in [6.45, 7) is 0. The second-order valence-corrected chi connectivity index (χ2v) is 3.86. The van der Waals surface area contributed by atoms with Crippen LogP contribution in [0.5, 0.6) is 0 Å². The second kappa shape index (κ2) is 4.50. The van der Waals surface area contributed by atoms with Gasteiger partial charge in [0.05, 0.1) is 0 Å². The monoisotopic (exact) mass is 229 g/mol.